The molecule has 8 amide bonds. The zero-order chi connectivity index (χ0) is 36.7. The third-order valence-electron chi connectivity index (χ3n) is 8.25. The van der Waals surface area contributed by atoms with Crippen LogP contribution in [0.25, 0.3) is 0 Å². The minimum Gasteiger partial charge on any atom is -0.480 e. The number of rotatable bonds is 20. The molecule has 0 aromatic rings. The molecule has 0 bridgehead atoms. The SMILES string of the molecule is NCCCC[C@H](NC(=O)[C@H](CCC(N)=O)NC(=O)[C@@H](CC(N)=O)NC(=O)[C@H]1CCCN1C(=O)CNC(=O)[C@@H]1CCCN1C(=O)CN)C(=O)O. The number of carbonyl (C=O) groups is 9. The van der Waals surface area contributed by atoms with E-state index >= 15 is 0 Å². The van der Waals surface area contributed by atoms with E-state index in [1.54, 1.807) is 0 Å². The van der Waals surface area contributed by atoms with Crippen LogP contribution in [0.2, 0.25) is 0 Å². The number of aliphatic carboxylic acids is 1. The van der Waals surface area contributed by atoms with Gasteiger partial charge in [0.05, 0.1) is 19.5 Å². The van der Waals surface area contributed by atoms with Gasteiger partial charge in [-0.3, -0.25) is 38.4 Å². The second kappa shape index (κ2) is 19.8. The minimum atomic E-state index is -1.61. The van der Waals surface area contributed by atoms with Crippen molar-refractivity contribution in [2.45, 2.75) is 94.4 Å². The predicted octanol–water partition coefficient (Wildman–Crippen LogP) is -5.15. The number of nitrogens with one attached hydrogen (secondary N) is 4. The molecule has 0 aliphatic carbocycles. The molecule has 20 nitrogen and oxygen atoms in total. The molecule has 2 aliphatic rings. The number of primary amides is 2. The Morgan fingerprint density at radius 3 is 1.82 bits per heavy atom. The van der Waals surface area contributed by atoms with Crippen LogP contribution >= 0.6 is 0 Å². The predicted molar refractivity (Wildman–Crippen MR) is 170 cm³/mol. The summed E-state index contributed by atoms with van der Waals surface area (Å²) in [5.74, 6) is -7.44. The lowest BCUT2D eigenvalue weighted by molar-refractivity contribution is -0.143. The van der Waals surface area contributed by atoms with E-state index in [0.717, 1.165) is 0 Å². The van der Waals surface area contributed by atoms with E-state index in [0.29, 0.717) is 45.2 Å². The van der Waals surface area contributed by atoms with Crippen molar-refractivity contribution < 1.29 is 48.3 Å². The molecule has 13 N–H and O–H groups in total. The summed E-state index contributed by atoms with van der Waals surface area (Å²) in [7, 11) is 0. The van der Waals surface area contributed by atoms with Gasteiger partial charge < -0.3 is 59.1 Å². The fourth-order valence-corrected chi connectivity index (χ4v) is 5.70. The zero-order valence-electron chi connectivity index (χ0n) is 27.3. The Balaban J connectivity index is 2.10. The monoisotopic (exact) mass is 696 g/mol. The summed E-state index contributed by atoms with van der Waals surface area (Å²) in [6.45, 7) is 0.114. The summed E-state index contributed by atoms with van der Waals surface area (Å²) in [6, 6.07) is -6.26. The minimum absolute atomic E-state index is 0.0440. The lowest BCUT2D eigenvalue weighted by Gasteiger charge is -2.28. The Labute approximate surface area is 282 Å². The molecule has 0 spiro atoms. The standard InChI is InChI=1S/C29H48N10O10/c30-10-2-1-5-17(29(48)49)36-25(44)16(8-9-21(32)40)35-26(45)18(13-22(33)41)37-28(47)20-7-4-12-39(20)24(43)15-34-27(46)19-6-3-11-38(19)23(42)14-31/h16-20H,1-15,30-31H2,(H2,32,40)(H2,33,41)(H,34,46)(H,35,45)(H,36,44)(H,37,47)(H,48,49)/t16-,17-,18+,19-,20+/m0/s1. The number of nitrogens with zero attached hydrogens (tertiary/aromatic N) is 2. The quantitative estimate of drug-likeness (QED) is 0.0540. The topological polar surface area (TPSA) is 333 Å². The fourth-order valence-electron chi connectivity index (χ4n) is 5.70. The van der Waals surface area contributed by atoms with Crippen molar-refractivity contribution in [3.8, 4) is 0 Å². The first-order valence-electron chi connectivity index (χ1n) is 16.2. The zero-order valence-corrected chi connectivity index (χ0v) is 27.3. The van der Waals surface area contributed by atoms with E-state index in [-0.39, 0.29) is 38.8 Å². The second-order valence-electron chi connectivity index (χ2n) is 11.9. The van der Waals surface area contributed by atoms with Gasteiger partial charge in [-0.05, 0) is 57.9 Å². The summed E-state index contributed by atoms with van der Waals surface area (Å²) in [5, 5.41) is 19.1. The van der Waals surface area contributed by atoms with Crippen LogP contribution in [-0.4, -0.2) is 131 Å². The Morgan fingerprint density at radius 1 is 0.694 bits per heavy atom. The summed E-state index contributed by atoms with van der Waals surface area (Å²) >= 11 is 0. The van der Waals surface area contributed by atoms with Crippen molar-refractivity contribution >= 4 is 53.2 Å². The van der Waals surface area contributed by atoms with Crippen molar-refractivity contribution in [1.29, 1.82) is 0 Å². The number of carbonyl (C=O) groups excluding carboxylic acids is 8. The highest BCUT2D eigenvalue weighted by atomic mass is 16.4. The lowest BCUT2D eigenvalue weighted by Crippen LogP contribution is -2.58. The van der Waals surface area contributed by atoms with Gasteiger partial charge in [0, 0.05) is 19.5 Å². The van der Waals surface area contributed by atoms with Crippen molar-refractivity contribution in [1.82, 2.24) is 31.1 Å². The number of nitrogens with two attached hydrogens (primary N) is 4. The molecule has 2 rings (SSSR count). The van der Waals surface area contributed by atoms with Gasteiger partial charge in [0.25, 0.3) is 0 Å². The van der Waals surface area contributed by atoms with Crippen LogP contribution in [0.5, 0.6) is 0 Å². The molecule has 20 heteroatoms. The van der Waals surface area contributed by atoms with Crippen LogP contribution in [0.1, 0.15) is 64.2 Å². The maximum absolute atomic E-state index is 13.3. The van der Waals surface area contributed by atoms with E-state index in [1.807, 2.05) is 0 Å². The molecular weight excluding hydrogens is 648 g/mol. The highest BCUT2D eigenvalue weighted by molar-refractivity contribution is 5.98. The van der Waals surface area contributed by atoms with Crippen LogP contribution < -0.4 is 44.2 Å². The van der Waals surface area contributed by atoms with Gasteiger partial charge in [-0.25, -0.2) is 4.79 Å². The largest absolute Gasteiger partial charge is 0.480 e. The lowest BCUT2D eigenvalue weighted by atomic mass is 10.1. The molecule has 0 saturated carbocycles. The number of carboxylic acids is 1. The van der Waals surface area contributed by atoms with Crippen molar-refractivity contribution in [3.05, 3.63) is 0 Å². The van der Waals surface area contributed by atoms with Crippen LogP contribution in [0.4, 0.5) is 0 Å². The molecule has 49 heavy (non-hydrogen) atoms. The number of amides is 8. The van der Waals surface area contributed by atoms with Crippen molar-refractivity contribution in [3.63, 3.8) is 0 Å². The first kappa shape index (κ1) is 40.3. The number of hydrogen-bond donors (Lipinski definition) is 9. The molecule has 2 heterocycles. The normalized spacial score (nSPS) is 18.9. The number of hydrogen-bond acceptors (Lipinski definition) is 11. The number of unbranched alkanes of at least 4 members (excludes halogenated alkanes) is 1. The summed E-state index contributed by atoms with van der Waals surface area (Å²) < 4.78 is 0. The van der Waals surface area contributed by atoms with E-state index in [4.69, 9.17) is 22.9 Å². The third-order valence-corrected chi connectivity index (χ3v) is 8.25. The van der Waals surface area contributed by atoms with Gasteiger partial charge in [0.2, 0.25) is 47.3 Å². The first-order valence-corrected chi connectivity index (χ1v) is 16.2. The van der Waals surface area contributed by atoms with Gasteiger partial charge in [-0.1, -0.05) is 0 Å². The third kappa shape index (κ3) is 12.6. The maximum atomic E-state index is 13.3. The Hall–Kier alpha value is -4.85. The molecule has 0 radical (unpaired) electrons. The highest BCUT2D eigenvalue weighted by Crippen LogP contribution is 2.19. The Kier molecular flexibility index (Phi) is 16.3. The Bertz CT molecular complexity index is 1260. The van der Waals surface area contributed by atoms with Crippen molar-refractivity contribution in [2.75, 3.05) is 32.7 Å². The fraction of sp³-hybridized carbons (Fsp3) is 0.690. The smallest absolute Gasteiger partial charge is 0.326 e. The van der Waals surface area contributed by atoms with Gasteiger partial charge in [-0.2, -0.15) is 0 Å². The van der Waals surface area contributed by atoms with Crippen LogP contribution in [0, 0.1) is 0 Å². The van der Waals surface area contributed by atoms with E-state index in [1.165, 1.54) is 9.80 Å². The first-order chi connectivity index (χ1) is 23.2. The van der Waals surface area contributed by atoms with Gasteiger partial charge >= 0.3 is 5.97 Å². The average Bonchev–Trinajstić information content (AvgIpc) is 3.74. The molecule has 2 fully saturated rings. The van der Waals surface area contributed by atoms with Crippen LogP contribution in [0.3, 0.4) is 0 Å². The van der Waals surface area contributed by atoms with E-state index in [9.17, 15) is 48.3 Å². The maximum Gasteiger partial charge on any atom is 0.326 e. The summed E-state index contributed by atoms with van der Waals surface area (Å²) in [6.07, 6.45) is 1.16. The van der Waals surface area contributed by atoms with E-state index in [2.05, 4.69) is 21.3 Å². The van der Waals surface area contributed by atoms with Gasteiger partial charge in [0.1, 0.15) is 30.2 Å². The molecule has 0 unspecified atom stereocenters. The Morgan fingerprint density at radius 2 is 1.27 bits per heavy atom. The molecule has 2 aliphatic heterocycles. The van der Waals surface area contributed by atoms with E-state index < -0.39 is 96.4 Å². The molecule has 5 atom stereocenters. The van der Waals surface area contributed by atoms with Gasteiger partial charge in [-0.15, -0.1) is 0 Å². The summed E-state index contributed by atoms with van der Waals surface area (Å²) in [5.41, 5.74) is 21.4. The molecule has 274 valence electrons. The molecular formula is C29H48N10O10. The van der Waals surface area contributed by atoms with Crippen molar-refractivity contribution in [2.24, 2.45) is 22.9 Å². The number of carboxylic acid groups (broad SMARTS) is 1. The van der Waals surface area contributed by atoms with Crippen LogP contribution in [0.15, 0.2) is 0 Å². The molecule has 0 aromatic carbocycles. The average molecular weight is 697 g/mol. The molecule has 0 aromatic heterocycles. The summed E-state index contributed by atoms with van der Waals surface area (Å²) in [4.78, 5) is 115. The van der Waals surface area contributed by atoms with Crippen LogP contribution in [-0.2, 0) is 43.2 Å². The highest BCUT2D eigenvalue weighted by Gasteiger charge is 2.38. The second-order valence-corrected chi connectivity index (χ2v) is 11.9. The van der Waals surface area contributed by atoms with Gasteiger partial charge in [0.15, 0.2) is 0 Å². The molecule has 2 saturated heterocycles. The number of likely N-dealkylation sites (tertiary alicyclic amines) is 2.